The lowest BCUT2D eigenvalue weighted by atomic mass is 10.1. The van der Waals surface area contributed by atoms with E-state index in [2.05, 4.69) is 44.6 Å². The van der Waals surface area contributed by atoms with Gasteiger partial charge in [0.2, 0.25) is 0 Å². The molecule has 2 nitrogen and oxygen atoms in total. The molecule has 15 heavy (non-hydrogen) atoms. The second-order valence-electron chi connectivity index (χ2n) is 4.79. The largest absolute Gasteiger partial charge is 0.288 e. The van der Waals surface area contributed by atoms with Gasteiger partial charge in [0, 0.05) is 13.1 Å². The summed E-state index contributed by atoms with van der Waals surface area (Å²) in [6, 6.07) is 2.13. The number of nitrogens with zero attached hydrogens (tertiary/aromatic N) is 2. The van der Waals surface area contributed by atoms with Gasteiger partial charge >= 0.3 is 0 Å². The summed E-state index contributed by atoms with van der Waals surface area (Å²) in [6.07, 6.45) is 5.89. The Morgan fingerprint density at radius 2 is 1.60 bits per heavy atom. The lowest BCUT2D eigenvalue weighted by Gasteiger charge is -2.29. The minimum Gasteiger partial charge on any atom is -0.288 e. The quantitative estimate of drug-likeness (QED) is 0.624. The van der Waals surface area contributed by atoms with E-state index in [1.807, 2.05) is 0 Å². The van der Waals surface area contributed by atoms with E-state index in [0.29, 0.717) is 18.3 Å². The molecule has 0 amide bonds. The minimum absolute atomic E-state index is 0.0280. The van der Waals surface area contributed by atoms with E-state index >= 15 is 0 Å². The lowest BCUT2D eigenvalue weighted by Crippen LogP contribution is -2.39. The van der Waals surface area contributed by atoms with E-state index in [4.69, 9.17) is 11.7 Å². The molecular weight excluding hydrogens is 184 g/mol. The Morgan fingerprint density at radius 3 is 1.87 bits per heavy atom. The first-order valence-electron chi connectivity index (χ1n) is 5.58. The summed E-state index contributed by atoms with van der Waals surface area (Å²) in [4.78, 5) is 2.25. The van der Waals surface area contributed by atoms with Crippen LogP contribution in [0.25, 0.3) is 0 Å². The molecule has 0 aromatic heterocycles. The van der Waals surface area contributed by atoms with Gasteiger partial charge in [-0.3, -0.25) is 4.90 Å². The zero-order chi connectivity index (χ0) is 11.8. The van der Waals surface area contributed by atoms with Gasteiger partial charge < -0.3 is 0 Å². The van der Waals surface area contributed by atoms with E-state index < -0.39 is 0 Å². The molecule has 0 aromatic carbocycles. The lowest BCUT2D eigenvalue weighted by molar-refractivity contribution is 0.189. The predicted molar refractivity (Wildman–Crippen MR) is 64.1 cm³/mol. The molecule has 0 aromatic rings. The first-order valence-corrected chi connectivity index (χ1v) is 5.58. The van der Waals surface area contributed by atoms with Crippen LogP contribution in [0.5, 0.6) is 0 Å². The van der Waals surface area contributed by atoms with Gasteiger partial charge in [0.25, 0.3) is 0 Å². The maximum atomic E-state index is 8.71. The van der Waals surface area contributed by atoms with Crippen LogP contribution >= 0.6 is 0 Å². The van der Waals surface area contributed by atoms with Crippen LogP contribution in [-0.4, -0.2) is 24.0 Å². The molecule has 0 N–H and O–H groups in total. The van der Waals surface area contributed by atoms with Crippen LogP contribution in [0.15, 0.2) is 0 Å². The second-order valence-corrected chi connectivity index (χ2v) is 4.79. The predicted octanol–water partition coefficient (Wildman–Crippen LogP) is 2.52. The number of terminal acetylenes is 1. The highest BCUT2D eigenvalue weighted by molar-refractivity contribution is 5.04. The molecule has 0 radical (unpaired) electrons. The summed E-state index contributed by atoms with van der Waals surface area (Å²) in [5.74, 6) is 3.88. The number of nitriles is 1. The summed E-state index contributed by atoms with van der Waals surface area (Å²) in [5.41, 5.74) is 0. The molecule has 1 atom stereocenters. The summed E-state index contributed by atoms with van der Waals surface area (Å²) >= 11 is 0. The zero-order valence-corrected chi connectivity index (χ0v) is 10.3. The van der Waals surface area contributed by atoms with Crippen molar-refractivity contribution in [2.45, 2.75) is 40.2 Å². The molecule has 0 bridgehead atoms. The van der Waals surface area contributed by atoms with Crippen LogP contribution in [0.3, 0.4) is 0 Å². The summed E-state index contributed by atoms with van der Waals surface area (Å²) in [6.45, 7) is 10.6. The van der Waals surface area contributed by atoms with Gasteiger partial charge in [-0.1, -0.05) is 33.6 Å². The third kappa shape index (κ3) is 6.15. The van der Waals surface area contributed by atoms with Crippen LogP contribution in [0.2, 0.25) is 0 Å². The van der Waals surface area contributed by atoms with Crippen molar-refractivity contribution in [3.63, 3.8) is 0 Å². The highest BCUT2D eigenvalue weighted by Crippen LogP contribution is 2.10. The molecular formula is C13H22N2. The first-order chi connectivity index (χ1) is 7.01. The zero-order valence-electron chi connectivity index (χ0n) is 10.3. The van der Waals surface area contributed by atoms with Gasteiger partial charge in [0.1, 0.15) is 0 Å². The number of hydrogen-bond donors (Lipinski definition) is 0. The maximum absolute atomic E-state index is 8.71. The Hall–Kier alpha value is -0.990. The van der Waals surface area contributed by atoms with E-state index in [1.54, 1.807) is 0 Å². The van der Waals surface area contributed by atoms with Crippen LogP contribution in [-0.2, 0) is 0 Å². The van der Waals surface area contributed by atoms with Crippen molar-refractivity contribution in [2.24, 2.45) is 11.8 Å². The van der Waals surface area contributed by atoms with E-state index in [-0.39, 0.29) is 6.04 Å². The van der Waals surface area contributed by atoms with Crippen molar-refractivity contribution in [1.29, 1.82) is 5.26 Å². The number of rotatable bonds is 6. The van der Waals surface area contributed by atoms with Crippen LogP contribution < -0.4 is 0 Å². The smallest absolute Gasteiger partial charge is 0.0843 e. The fraction of sp³-hybridized carbons (Fsp3) is 0.769. The average molecular weight is 206 g/mol. The van der Waals surface area contributed by atoms with Gasteiger partial charge in [-0.25, -0.2) is 0 Å². The van der Waals surface area contributed by atoms with E-state index in [0.717, 1.165) is 13.1 Å². The molecule has 2 heteroatoms. The second kappa shape index (κ2) is 7.32. The molecule has 0 aliphatic carbocycles. The molecule has 0 fully saturated rings. The molecule has 0 aliphatic rings. The summed E-state index contributed by atoms with van der Waals surface area (Å²) in [5, 5.41) is 8.71. The fourth-order valence-corrected chi connectivity index (χ4v) is 1.65. The highest BCUT2D eigenvalue weighted by atomic mass is 15.1. The van der Waals surface area contributed by atoms with Crippen molar-refractivity contribution < 1.29 is 0 Å². The van der Waals surface area contributed by atoms with Gasteiger partial charge in [-0.2, -0.15) is 5.26 Å². The Bertz CT molecular complexity index is 232. The topological polar surface area (TPSA) is 27.0 Å². The normalized spacial score (nSPS) is 12.9. The SMILES string of the molecule is C#CC(CC#N)N(CC(C)C)CC(C)C. The Morgan fingerprint density at radius 1 is 1.13 bits per heavy atom. The summed E-state index contributed by atoms with van der Waals surface area (Å²) < 4.78 is 0. The molecule has 0 saturated heterocycles. The Labute approximate surface area is 94.3 Å². The standard InChI is InChI=1S/C13H22N2/c1-6-13(7-8-14)15(9-11(2)3)10-12(4)5/h1,11-13H,7,9-10H2,2-5H3. The third-order valence-electron chi connectivity index (χ3n) is 2.12. The maximum Gasteiger partial charge on any atom is 0.0843 e. The average Bonchev–Trinajstić information content (AvgIpc) is 2.11. The molecule has 0 heterocycles. The van der Waals surface area contributed by atoms with Crippen LogP contribution in [0.4, 0.5) is 0 Å². The molecule has 0 saturated carbocycles. The van der Waals surface area contributed by atoms with Crippen LogP contribution in [0.1, 0.15) is 34.1 Å². The molecule has 0 aliphatic heterocycles. The Balaban J connectivity index is 4.45. The van der Waals surface area contributed by atoms with E-state index in [1.165, 1.54) is 0 Å². The van der Waals surface area contributed by atoms with Crippen molar-refractivity contribution >= 4 is 0 Å². The van der Waals surface area contributed by atoms with Gasteiger partial charge in [0.15, 0.2) is 0 Å². The van der Waals surface area contributed by atoms with Crippen LogP contribution in [0, 0.1) is 35.5 Å². The highest BCUT2D eigenvalue weighted by Gasteiger charge is 2.17. The monoisotopic (exact) mass is 206 g/mol. The molecule has 0 spiro atoms. The molecule has 1 unspecified atom stereocenters. The molecule has 84 valence electrons. The first kappa shape index (κ1) is 14.0. The van der Waals surface area contributed by atoms with Crippen molar-refractivity contribution in [3.05, 3.63) is 0 Å². The van der Waals surface area contributed by atoms with Crippen molar-refractivity contribution in [1.82, 2.24) is 4.90 Å². The number of hydrogen-bond acceptors (Lipinski definition) is 2. The fourth-order valence-electron chi connectivity index (χ4n) is 1.65. The van der Waals surface area contributed by atoms with Gasteiger partial charge in [-0.15, -0.1) is 6.42 Å². The van der Waals surface area contributed by atoms with Crippen molar-refractivity contribution in [2.75, 3.05) is 13.1 Å². The third-order valence-corrected chi connectivity index (χ3v) is 2.12. The van der Waals surface area contributed by atoms with Gasteiger partial charge in [0.05, 0.1) is 18.5 Å². The Kier molecular flexibility index (Phi) is 6.84. The van der Waals surface area contributed by atoms with Crippen molar-refractivity contribution in [3.8, 4) is 18.4 Å². The van der Waals surface area contributed by atoms with Gasteiger partial charge in [-0.05, 0) is 11.8 Å². The molecule has 0 rings (SSSR count). The minimum atomic E-state index is -0.0280. The van der Waals surface area contributed by atoms with E-state index in [9.17, 15) is 0 Å². The summed E-state index contributed by atoms with van der Waals surface area (Å²) in [7, 11) is 0.